The Labute approximate surface area is 150 Å². The molecule has 25 heavy (non-hydrogen) atoms. The minimum atomic E-state index is -0.0669. The monoisotopic (exact) mass is 339 g/mol. The van der Waals surface area contributed by atoms with Crippen molar-refractivity contribution in [3.8, 4) is 0 Å². The van der Waals surface area contributed by atoms with Crippen LogP contribution in [0.1, 0.15) is 50.6 Å². The number of amides is 2. The van der Waals surface area contributed by atoms with Crippen LogP contribution in [0.15, 0.2) is 42.5 Å². The van der Waals surface area contributed by atoms with Crippen molar-refractivity contribution in [2.45, 2.75) is 51.1 Å². The third kappa shape index (κ3) is 4.51. The zero-order chi connectivity index (χ0) is 17.6. The molecule has 3 rings (SSSR count). The standard InChI is InChI=1S/C21H29N3O/c1-15(19-8-4-6-17-5-2-3-7-20(17)19)23-21(25)24-18-11-9-16(10-12-18)13-14-22/h2-8,15-16,18H,9-14,22H2,1H3,(H2,23,24,25)/t15-,16?,18?/m0/s1. The van der Waals surface area contributed by atoms with E-state index in [1.54, 1.807) is 0 Å². The first-order chi connectivity index (χ1) is 12.2. The average Bonchev–Trinajstić information content (AvgIpc) is 2.63. The van der Waals surface area contributed by atoms with Crippen LogP contribution in [-0.2, 0) is 0 Å². The van der Waals surface area contributed by atoms with E-state index in [9.17, 15) is 4.79 Å². The highest BCUT2D eigenvalue weighted by molar-refractivity contribution is 5.86. The van der Waals surface area contributed by atoms with E-state index in [1.807, 2.05) is 25.1 Å². The molecule has 2 aromatic carbocycles. The van der Waals surface area contributed by atoms with Gasteiger partial charge in [-0.05, 0) is 67.8 Å². The molecule has 1 aliphatic rings. The first kappa shape index (κ1) is 17.7. The molecule has 134 valence electrons. The molecular weight excluding hydrogens is 310 g/mol. The summed E-state index contributed by atoms with van der Waals surface area (Å²) in [4.78, 5) is 12.4. The molecule has 0 spiro atoms. The molecule has 4 heteroatoms. The fourth-order valence-corrected chi connectivity index (χ4v) is 3.96. The second-order valence-electron chi connectivity index (χ2n) is 7.20. The molecule has 2 amide bonds. The minimum Gasteiger partial charge on any atom is -0.335 e. The smallest absolute Gasteiger partial charge is 0.315 e. The third-order valence-corrected chi connectivity index (χ3v) is 5.39. The third-order valence-electron chi connectivity index (χ3n) is 5.39. The Hall–Kier alpha value is -2.07. The summed E-state index contributed by atoms with van der Waals surface area (Å²) in [5.74, 6) is 0.737. The lowest BCUT2D eigenvalue weighted by molar-refractivity contribution is 0.223. The van der Waals surface area contributed by atoms with Crippen LogP contribution in [0.2, 0.25) is 0 Å². The number of hydrogen-bond acceptors (Lipinski definition) is 2. The van der Waals surface area contributed by atoms with Gasteiger partial charge in [-0.2, -0.15) is 0 Å². The Balaban J connectivity index is 1.56. The molecule has 1 fully saturated rings. The van der Waals surface area contributed by atoms with Crippen LogP contribution in [-0.4, -0.2) is 18.6 Å². The van der Waals surface area contributed by atoms with Crippen molar-refractivity contribution in [1.82, 2.24) is 10.6 Å². The summed E-state index contributed by atoms with van der Waals surface area (Å²) >= 11 is 0. The summed E-state index contributed by atoms with van der Waals surface area (Å²) in [5.41, 5.74) is 6.80. The van der Waals surface area contributed by atoms with Gasteiger partial charge >= 0.3 is 6.03 Å². The molecule has 2 aromatic rings. The molecule has 4 N–H and O–H groups in total. The molecule has 1 saturated carbocycles. The molecule has 0 unspecified atom stereocenters. The highest BCUT2D eigenvalue weighted by Gasteiger charge is 2.22. The van der Waals surface area contributed by atoms with Gasteiger partial charge in [-0.25, -0.2) is 4.79 Å². The summed E-state index contributed by atoms with van der Waals surface area (Å²) in [6.45, 7) is 2.81. The average molecular weight is 339 g/mol. The maximum atomic E-state index is 12.4. The number of carbonyl (C=O) groups is 1. The number of carbonyl (C=O) groups excluding carboxylic acids is 1. The van der Waals surface area contributed by atoms with E-state index in [0.29, 0.717) is 0 Å². The number of nitrogens with one attached hydrogen (secondary N) is 2. The largest absolute Gasteiger partial charge is 0.335 e. The maximum absolute atomic E-state index is 12.4. The lowest BCUT2D eigenvalue weighted by atomic mass is 9.84. The van der Waals surface area contributed by atoms with Gasteiger partial charge in [0.25, 0.3) is 0 Å². The first-order valence-corrected chi connectivity index (χ1v) is 9.42. The van der Waals surface area contributed by atoms with Crippen molar-refractivity contribution in [2.24, 2.45) is 11.7 Å². The second-order valence-corrected chi connectivity index (χ2v) is 7.20. The minimum absolute atomic E-state index is 0.0281. The Morgan fingerprint density at radius 3 is 2.60 bits per heavy atom. The molecular formula is C21H29N3O. The molecule has 1 atom stereocenters. The van der Waals surface area contributed by atoms with Crippen molar-refractivity contribution < 1.29 is 4.79 Å². The van der Waals surface area contributed by atoms with E-state index in [2.05, 4.69) is 34.9 Å². The fourth-order valence-electron chi connectivity index (χ4n) is 3.96. The highest BCUT2D eigenvalue weighted by atomic mass is 16.2. The second kappa shape index (κ2) is 8.34. The summed E-state index contributed by atoms with van der Waals surface area (Å²) in [7, 11) is 0. The van der Waals surface area contributed by atoms with Gasteiger partial charge in [-0.3, -0.25) is 0 Å². The molecule has 0 heterocycles. The SMILES string of the molecule is C[C@H](NC(=O)NC1CCC(CCN)CC1)c1cccc2ccccc12. The van der Waals surface area contributed by atoms with Gasteiger partial charge < -0.3 is 16.4 Å². The molecule has 0 aromatic heterocycles. The number of fused-ring (bicyclic) bond motifs is 1. The van der Waals surface area contributed by atoms with Crippen molar-refractivity contribution in [3.05, 3.63) is 48.0 Å². The van der Waals surface area contributed by atoms with Gasteiger partial charge in [-0.1, -0.05) is 42.5 Å². The summed E-state index contributed by atoms with van der Waals surface area (Å²) in [5, 5.41) is 8.65. The number of hydrogen-bond donors (Lipinski definition) is 3. The van der Waals surface area contributed by atoms with Gasteiger partial charge in [0.15, 0.2) is 0 Å². The van der Waals surface area contributed by atoms with Crippen LogP contribution in [0.5, 0.6) is 0 Å². The van der Waals surface area contributed by atoms with Crippen LogP contribution in [0, 0.1) is 5.92 Å². The van der Waals surface area contributed by atoms with E-state index < -0.39 is 0 Å². The predicted molar refractivity (Wildman–Crippen MR) is 103 cm³/mol. The molecule has 0 saturated heterocycles. The van der Waals surface area contributed by atoms with Crippen molar-refractivity contribution >= 4 is 16.8 Å². The zero-order valence-corrected chi connectivity index (χ0v) is 15.0. The van der Waals surface area contributed by atoms with Crippen LogP contribution >= 0.6 is 0 Å². The summed E-state index contributed by atoms with van der Waals surface area (Å²) in [6.07, 6.45) is 5.56. The normalized spacial score (nSPS) is 21.7. The number of benzene rings is 2. The van der Waals surface area contributed by atoms with E-state index >= 15 is 0 Å². The van der Waals surface area contributed by atoms with Crippen LogP contribution in [0.4, 0.5) is 4.79 Å². The number of nitrogens with two attached hydrogens (primary N) is 1. The number of urea groups is 1. The lowest BCUT2D eigenvalue weighted by Gasteiger charge is -2.29. The topological polar surface area (TPSA) is 67.2 Å². The van der Waals surface area contributed by atoms with Gasteiger partial charge in [0.2, 0.25) is 0 Å². The summed E-state index contributed by atoms with van der Waals surface area (Å²) in [6, 6.07) is 14.7. The molecule has 0 bridgehead atoms. The zero-order valence-electron chi connectivity index (χ0n) is 15.0. The molecule has 0 radical (unpaired) electrons. The number of rotatable bonds is 5. The van der Waals surface area contributed by atoms with Gasteiger partial charge in [0.05, 0.1) is 6.04 Å². The maximum Gasteiger partial charge on any atom is 0.315 e. The van der Waals surface area contributed by atoms with Crippen LogP contribution in [0.25, 0.3) is 10.8 Å². The Morgan fingerprint density at radius 1 is 1.12 bits per heavy atom. The Kier molecular flexibility index (Phi) is 5.92. The Bertz CT molecular complexity index is 702. The molecule has 1 aliphatic carbocycles. The van der Waals surface area contributed by atoms with Crippen molar-refractivity contribution in [3.63, 3.8) is 0 Å². The summed E-state index contributed by atoms with van der Waals surface area (Å²) < 4.78 is 0. The molecule has 4 nitrogen and oxygen atoms in total. The van der Waals surface area contributed by atoms with Crippen molar-refractivity contribution in [2.75, 3.05) is 6.54 Å². The van der Waals surface area contributed by atoms with Gasteiger partial charge in [0.1, 0.15) is 0 Å². The van der Waals surface area contributed by atoms with Gasteiger partial charge in [-0.15, -0.1) is 0 Å². The molecule has 0 aliphatic heterocycles. The van der Waals surface area contributed by atoms with E-state index in [-0.39, 0.29) is 18.1 Å². The van der Waals surface area contributed by atoms with E-state index in [4.69, 9.17) is 5.73 Å². The van der Waals surface area contributed by atoms with Crippen molar-refractivity contribution in [1.29, 1.82) is 0 Å². The van der Waals surface area contributed by atoms with Gasteiger partial charge in [0, 0.05) is 6.04 Å². The highest BCUT2D eigenvalue weighted by Crippen LogP contribution is 2.27. The van der Waals surface area contributed by atoms with Crippen LogP contribution < -0.4 is 16.4 Å². The van der Waals surface area contributed by atoms with E-state index in [1.165, 1.54) is 23.6 Å². The fraction of sp³-hybridized carbons (Fsp3) is 0.476. The van der Waals surface area contributed by atoms with E-state index in [0.717, 1.165) is 37.3 Å². The quantitative estimate of drug-likeness (QED) is 0.767. The van der Waals surface area contributed by atoms with Crippen LogP contribution in [0.3, 0.4) is 0 Å². The Morgan fingerprint density at radius 2 is 1.84 bits per heavy atom. The first-order valence-electron chi connectivity index (χ1n) is 9.42. The lowest BCUT2D eigenvalue weighted by Crippen LogP contribution is -2.44. The predicted octanol–water partition coefficient (Wildman–Crippen LogP) is 4.11.